The van der Waals surface area contributed by atoms with Gasteiger partial charge in [0, 0.05) is 9.81 Å². The second kappa shape index (κ2) is 6.18. The highest BCUT2D eigenvalue weighted by Crippen LogP contribution is 2.17. The van der Waals surface area contributed by atoms with Crippen molar-refractivity contribution < 1.29 is 4.21 Å². The van der Waals surface area contributed by atoms with Gasteiger partial charge in [0.05, 0.1) is 10.8 Å². The molecule has 70 valence electrons. The number of allylic oxidation sites excluding steroid dienone is 4. The molecule has 0 saturated heterocycles. The summed E-state index contributed by atoms with van der Waals surface area (Å²) in [4.78, 5) is 2.06. The first-order valence-corrected chi connectivity index (χ1v) is 5.58. The van der Waals surface area contributed by atoms with Crippen LogP contribution < -0.4 is 0 Å². The number of hydrogen-bond donors (Lipinski definition) is 0. The Kier molecular flexibility index (Phi) is 5.99. The average molecular weight is 186 g/mol. The van der Waals surface area contributed by atoms with E-state index in [1.807, 2.05) is 39.8 Å². The smallest absolute Gasteiger partial charge is 0.0760 e. The molecule has 0 atom stereocenters. The lowest BCUT2D eigenvalue weighted by molar-refractivity contribution is 0.688. The lowest BCUT2D eigenvalue weighted by atomic mass is 10.4. The van der Waals surface area contributed by atoms with Gasteiger partial charge in [-0.05, 0) is 26.7 Å². The predicted molar refractivity (Wildman–Crippen MR) is 56.2 cm³/mol. The molecular weight excluding hydrogens is 168 g/mol. The molecule has 0 aliphatic rings. The van der Waals surface area contributed by atoms with Crippen molar-refractivity contribution in [3.05, 3.63) is 22.0 Å². The fraction of sp³-hybridized carbons (Fsp3) is 0.600. The van der Waals surface area contributed by atoms with E-state index in [2.05, 4.69) is 0 Å². The molecule has 0 aliphatic carbocycles. The van der Waals surface area contributed by atoms with Crippen molar-refractivity contribution in [2.24, 2.45) is 0 Å². The largest absolute Gasteiger partial charge is 0.250 e. The Hall–Kier alpha value is -0.370. The SMILES string of the molecule is CC=C(CC)S(=O)C(=CC)CC. The minimum absolute atomic E-state index is 0.873. The minimum Gasteiger partial charge on any atom is -0.250 e. The highest BCUT2D eigenvalue weighted by atomic mass is 32.2. The summed E-state index contributed by atoms with van der Waals surface area (Å²) < 4.78 is 11.7. The molecule has 0 unspecified atom stereocenters. The molecular formula is C10H18OS. The topological polar surface area (TPSA) is 17.1 Å². The van der Waals surface area contributed by atoms with Gasteiger partial charge in [0.2, 0.25) is 0 Å². The number of hydrogen-bond acceptors (Lipinski definition) is 1. The van der Waals surface area contributed by atoms with Crippen LogP contribution in [-0.4, -0.2) is 4.21 Å². The van der Waals surface area contributed by atoms with E-state index in [0.29, 0.717) is 0 Å². The summed E-state index contributed by atoms with van der Waals surface area (Å²) in [7, 11) is -0.873. The second-order valence-electron chi connectivity index (χ2n) is 2.49. The first-order valence-electron chi connectivity index (χ1n) is 4.43. The van der Waals surface area contributed by atoms with Crippen molar-refractivity contribution in [3.63, 3.8) is 0 Å². The van der Waals surface area contributed by atoms with Gasteiger partial charge in [-0.15, -0.1) is 0 Å². The molecule has 0 aliphatic heterocycles. The molecule has 0 bridgehead atoms. The molecule has 1 nitrogen and oxygen atoms in total. The summed E-state index contributed by atoms with van der Waals surface area (Å²) in [6.07, 6.45) is 5.66. The van der Waals surface area contributed by atoms with Crippen LogP contribution in [0.1, 0.15) is 40.5 Å². The van der Waals surface area contributed by atoms with Crippen LogP contribution in [0.4, 0.5) is 0 Å². The van der Waals surface area contributed by atoms with Crippen molar-refractivity contribution in [2.75, 3.05) is 0 Å². The van der Waals surface area contributed by atoms with Crippen molar-refractivity contribution in [3.8, 4) is 0 Å². The first-order chi connectivity index (χ1) is 5.71. The van der Waals surface area contributed by atoms with Gasteiger partial charge in [-0.25, -0.2) is 4.21 Å². The fourth-order valence-electron chi connectivity index (χ4n) is 1.05. The molecule has 0 amide bonds. The van der Waals surface area contributed by atoms with Crippen LogP contribution in [0.5, 0.6) is 0 Å². The summed E-state index contributed by atoms with van der Waals surface area (Å²) in [5.41, 5.74) is 0. The van der Waals surface area contributed by atoms with Crippen LogP contribution in [0.25, 0.3) is 0 Å². The number of rotatable bonds is 4. The third-order valence-corrected chi connectivity index (χ3v) is 3.82. The van der Waals surface area contributed by atoms with Crippen LogP contribution in [0.2, 0.25) is 0 Å². The van der Waals surface area contributed by atoms with Crippen molar-refractivity contribution in [1.29, 1.82) is 0 Å². The summed E-state index contributed by atoms with van der Waals surface area (Å²) in [6, 6.07) is 0. The highest BCUT2D eigenvalue weighted by Gasteiger charge is 2.07. The molecule has 2 heteroatoms. The van der Waals surface area contributed by atoms with Gasteiger partial charge in [0.25, 0.3) is 0 Å². The summed E-state index contributed by atoms with van der Waals surface area (Å²) >= 11 is 0. The second-order valence-corrected chi connectivity index (χ2v) is 4.07. The summed E-state index contributed by atoms with van der Waals surface area (Å²) in [5, 5.41) is 0. The maximum atomic E-state index is 11.7. The maximum Gasteiger partial charge on any atom is 0.0760 e. The Bertz CT molecular complexity index is 192. The van der Waals surface area contributed by atoms with E-state index in [-0.39, 0.29) is 0 Å². The van der Waals surface area contributed by atoms with Crippen molar-refractivity contribution >= 4 is 10.8 Å². The zero-order valence-electron chi connectivity index (χ0n) is 8.39. The Morgan fingerprint density at radius 3 is 1.58 bits per heavy atom. The van der Waals surface area contributed by atoms with E-state index < -0.39 is 10.8 Å². The Morgan fingerprint density at radius 1 is 1.08 bits per heavy atom. The Balaban J connectivity index is 4.58. The molecule has 0 aromatic rings. The molecule has 0 N–H and O–H groups in total. The lowest BCUT2D eigenvalue weighted by Gasteiger charge is -2.05. The van der Waals surface area contributed by atoms with Crippen LogP contribution in [0, 0.1) is 0 Å². The Labute approximate surface area is 78.0 Å². The van der Waals surface area contributed by atoms with E-state index in [1.165, 1.54) is 0 Å². The Morgan fingerprint density at radius 2 is 1.42 bits per heavy atom. The zero-order chi connectivity index (χ0) is 9.56. The van der Waals surface area contributed by atoms with Gasteiger partial charge in [0.1, 0.15) is 0 Å². The van der Waals surface area contributed by atoms with Crippen LogP contribution >= 0.6 is 0 Å². The molecule has 12 heavy (non-hydrogen) atoms. The van der Waals surface area contributed by atoms with Crippen LogP contribution in [-0.2, 0) is 10.8 Å². The van der Waals surface area contributed by atoms with Gasteiger partial charge >= 0.3 is 0 Å². The monoisotopic (exact) mass is 186 g/mol. The van der Waals surface area contributed by atoms with Crippen molar-refractivity contribution in [2.45, 2.75) is 40.5 Å². The quantitative estimate of drug-likeness (QED) is 0.658. The molecule has 0 saturated carbocycles. The molecule has 0 aromatic heterocycles. The van der Waals surface area contributed by atoms with E-state index in [9.17, 15) is 4.21 Å². The van der Waals surface area contributed by atoms with Crippen LogP contribution in [0.15, 0.2) is 22.0 Å². The van der Waals surface area contributed by atoms with E-state index in [4.69, 9.17) is 0 Å². The fourth-order valence-corrected chi connectivity index (χ4v) is 2.34. The first kappa shape index (κ1) is 11.6. The van der Waals surface area contributed by atoms with Gasteiger partial charge in [0.15, 0.2) is 0 Å². The highest BCUT2D eigenvalue weighted by molar-refractivity contribution is 7.92. The molecule has 0 radical (unpaired) electrons. The van der Waals surface area contributed by atoms with Gasteiger partial charge < -0.3 is 0 Å². The minimum atomic E-state index is -0.873. The molecule has 0 aromatic carbocycles. The van der Waals surface area contributed by atoms with Crippen molar-refractivity contribution in [1.82, 2.24) is 0 Å². The zero-order valence-corrected chi connectivity index (χ0v) is 9.20. The average Bonchev–Trinajstić information content (AvgIpc) is 2.09. The van der Waals surface area contributed by atoms with Gasteiger partial charge in [-0.1, -0.05) is 26.0 Å². The van der Waals surface area contributed by atoms with Gasteiger partial charge in [-0.2, -0.15) is 0 Å². The standard InChI is InChI=1S/C10H18OS/c1-5-9(6-2)12(11)10(7-3)8-4/h5,7H,6,8H2,1-4H3. The molecule has 0 rings (SSSR count). The van der Waals surface area contributed by atoms with E-state index >= 15 is 0 Å². The summed E-state index contributed by atoms with van der Waals surface area (Å²) in [5.74, 6) is 0. The van der Waals surface area contributed by atoms with Gasteiger partial charge in [-0.3, -0.25) is 0 Å². The molecule has 0 spiro atoms. The normalized spacial score (nSPS) is 16.3. The van der Waals surface area contributed by atoms with Crippen LogP contribution in [0.3, 0.4) is 0 Å². The maximum absolute atomic E-state index is 11.7. The van der Waals surface area contributed by atoms with E-state index in [1.54, 1.807) is 0 Å². The molecule has 0 heterocycles. The summed E-state index contributed by atoms with van der Waals surface area (Å²) in [6.45, 7) is 7.96. The lowest BCUT2D eigenvalue weighted by Crippen LogP contribution is -1.96. The third kappa shape index (κ3) is 2.94. The molecule has 0 fully saturated rings. The predicted octanol–water partition coefficient (Wildman–Crippen LogP) is 3.36. The van der Waals surface area contributed by atoms with E-state index in [0.717, 1.165) is 22.7 Å². The third-order valence-electron chi connectivity index (χ3n) is 1.82.